The van der Waals surface area contributed by atoms with Gasteiger partial charge in [-0.25, -0.2) is 13.1 Å². The molecule has 0 radical (unpaired) electrons. The first-order valence-corrected chi connectivity index (χ1v) is 9.39. The number of sulfonamides is 1. The second-order valence-electron chi connectivity index (χ2n) is 5.25. The predicted octanol–water partition coefficient (Wildman–Crippen LogP) is 0.938. The molecule has 0 bridgehead atoms. The van der Waals surface area contributed by atoms with Crippen molar-refractivity contribution in [2.45, 2.75) is 23.8 Å². The maximum atomic E-state index is 12.1. The normalized spacial score (nSPS) is 18.4. The number of carbonyl (C=O) groups excluding carboxylic acids is 1. The minimum Gasteiger partial charge on any atom is -0.341 e. The van der Waals surface area contributed by atoms with Crippen LogP contribution in [0.1, 0.15) is 12.8 Å². The summed E-state index contributed by atoms with van der Waals surface area (Å²) in [6, 6.07) is 6.58. The van der Waals surface area contributed by atoms with Crippen molar-refractivity contribution in [3.8, 4) is 0 Å². The molecule has 0 saturated carbocycles. The van der Waals surface area contributed by atoms with E-state index in [9.17, 15) is 13.2 Å². The van der Waals surface area contributed by atoms with E-state index in [1.165, 1.54) is 12.1 Å². The molecule has 22 heavy (non-hydrogen) atoms. The number of nitrogens with one attached hydrogen (secondary N) is 2. The van der Waals surface area contributed by atoms with E-state index in [-0.39, 0.29) is 29.8 Å². The van der Waals surface area contributed by atoms with Crippen LogP contribution < -0.4 is 10.0 Å². The number of hydrogen-bond donors (Lipinski definition) is 2. The lowest BCUT2D eigenvalue weighted by Crippen LogP contribution is -2.40. The van der Waals surface area contributed by atoms with Crippen LogP contribution in [0.25, 0.3) is 0 Å². The van der Waals surface area contributed by atoms with Gasteiger partial charge in [0.15, 0.2) is 0 Å². The minimum absolute atomic E-state index is 0.0489. The molecule has 2 rings (SSSR count). The molecule has 1 saturated heterocycles. The van der Waals surface area contributed by atoms with Crippen molar-refractivity contribution >= 4 is 31.9 Å². The zero-order valence-electron chi connectivity index (χ0n) is 12.4. The van der Waals surface area contributed by atoms with Crippen molar-refractivity contribution < 1.29 is 13.2 Å². The molecule has 1 aliphatic heterocycles. The Bertz CT molecular complexity index is 613. The monoisotopic (exact) mass is 389 g/mol. The number of hydrogen-bond acceptors (Lipinski definition) is 4. The molecule has 1 aliphatic rings. The lowest BCUT2D eigenvalue weighted by Gasteiger charge is -2.23. The van der Waals surface area contributed by atoms with Gasteiger partial charge in [0.25, 0.3) is 0 Å². The van der Waals surface area contributed by atoms with Crippen molar-refractivity contribution in [3.05, 3.63) is 28.7 Å². The Morgan fingerprint density at radius 1 is 1.41 bits per heavy atom. The molecule has 1 atom stereocenters. The quantitative estimate of drug-likeness (QED) is 0.758. The van der Waals surface area contributed by atoms with Crippen molar-refractivity contribution in [3.63, 3.8) is 0 Å². The van der Waals surface area contributed by atoms with Gasteiger partial charge in [0, 0.05) is 37.1 Å². The van der Waals surface area contributed by atoms with Gasteiger partial charge < -0.3 is 10.2 Å². The van der Waals surface area contributed by atoms with Crippen LogP contribution >= 0.6 is 15.9 Å². The fraction of sp³-hybridized carbons (Fsp3) is 0.500. The van der Waals surface area contributed by atoms with Crippen LogP contribution in [-0.2, 0) is 14.8 Å². The lowest BCUT2D eigenvalue weighted by molar-refractivity contribution is -0.131. The Morgan fingerprint density at radius 2 is 2.09 bits per heavy atom. The molecule has 1 heterocycles. The average Bonchev–Trinajstić information content (AvgIpc) is 3.00. The Hall–Kier alpha value is -0.960. The highest BCUT2D eigenvalue weighted by Crippen LogP contribution is 2.14. The van der Waals surface area contributed by atoms with Crippen LogP contribution in [0, 0.1) is 0 Å². The molecule has 2 N–H and O–H groups in total. The number of benzene rings is 1. The molecule has 1 aromatic carbocycles. The summed E-state index contributed by atoms with van der Waals surface area (Å²) in [6.45, 7) is 1.81. The molecule has 1 fully saturated rings. The highest BCUT2D eigenvalue weighted by Gasteiger charge is 2.23. The van der Waals surface area contributed by atoms with Crippen LogP contribution in [0.2, 0.25) is 0 Å². The lowest BCUT2D eigenvalue weighted by atomic mass is 10.2. The van der Waals surface area contributed by atoms with Gasteiger partial charge >= 0.3 is 0 Å². The fourth-order valence-corrected chi connectivity index (χ4v) is 3.64. The molecule has 1 aromatic rings. The third kappa shape index (κ3) is 4.52. The molecule has 6 nitrogen and oxygen atoms in total. The molecule has 8 heteroatoms. The van der Waals surface area contributed by atoms with E-state index < -0.39 is 10.0 Å². The number of amides is 1. The Labute approximate surface area is 139 Å². The van der Waals surface area contributed by atoms with E-state index in [1.54, 1.807) is 24.1 Å². The van der Waals surface area contributed by atoms with Gasteiger partial charge in [0.05, 0.1) is 4.90 Å². The summed E-state index contributed by atoms with van der Waals surface area (Å²) >= 11 is 3.26. The molecule has 0 aliphatic carbocycles. The molecule has 1 amide bonds. The van der Waals surface area contributed by atoms with E-state index in [0.717, 1.165) is 24.0 Å². The van der Waals surface area contributed by atoms with E-state index in [1.807, 2.05) is 0 Å². The standard InChI is InChI=1S/C14H20BrN3O3S/c1-18(12-6-8-16-10-12)14(19)7-9-17-22(20,21)13-4-2-11(15)3-5-13/h2-5,12,16-17H,6-10H2,1H3. The van der Waals surface area contributed by atoms with E-state index in [0.29, 0.717) is 0 Å². The Morgan fingerprint density at radius 3 is 2.68 bits per heavy atom. The fourth-order valence-electron chi connectivity index (χ4n) is 2.34. The van der Waals surface area contributed by atoms with Crippen molar-refractivity contribution in [2.24, 2.45) is 0 Å². The second-order valence-corrected chi connectivity index (χ2v) is 7.94. The third-order valence-corrected chi connectivity index (χ3v) is 5.74. The molecule has 122 valence electrons. The summed E-state index contributed by atoms with van der Waals surface area (Å²) in [7, 11) is -1.80. The summed E-state index contributed by atoms with van der Waals surface area (Å²) in [5.41, 5.74) is 0. The summed E-state index contributed by atoms with van der Waals surface area (Å²) in [4.78, 5) is 13.9. The Kier molecular flexibility index (Phi) is 5.96. The molecule has 0 aromatic heterocycles. The first-order chi connectivity index (χ1) is 10.4. The van der Waals surface area contributed by atoms with Crippen LogP contribution in [0.3, 0.4) is 0 Å². The van der Waals surface area contributed by atoms with E-state index >= 15 is 0 Å². The van der Waals surface area contributed by atoms with Crippen molar-refractivity contribution in [1.82, 2.24) is 14.9 Å². The molecule has 0 spiro atoms. The van der Waals surface area contributed by atoms with E-state index in [2.05, 4.69) is 26.0 Å². The highest BCUT2D eigenvalue weighted by atomic mass is 79.9. The van der Waals surface area contributed by atoms with Crippen molar-refractivity contribution in [1.29, 1.82) is 0 Å². The first kappa shape index (κ1) is 17.4. The number of nitrogens with zero attached hydrogens (tertiary/aromatic N) is 1. The first-order valence-electron chi connectivity index (χ1n) is 7.12. The molecular weight excluding hydrogens is 370 g/mol. The summed E-state index contributed by atoms with van der Waals surface area (Å²) in [5.74, 6) is -0.0489. The highest BCUT2D eigenvalue weighted by molar-refractivity contribution is 9.10. The van der Waals surface area contributed by atoms with Crippen molar-refractivity contribution in [2.75, 3.05) is 26.7 Å². The molecule has 1 unspecified atom stereocenters. The van der Waals surface area contributed by atoms with Gasteiger partial charge in [-0.3, -0.25) is 4.79 Å². The number of likely N-dealkylation sites (N-methyl/N-ethyl adjacent to an activating group) is 1. The number of rotatable bonds is 6. The van der Waals surface area contributed by atoms with Crippen LogP contribution in [0.4, 0.5) is 0 Å². The van der Waals surface area contributed by atoms with Crippen LogP contribution in [0.5, 0.6) is 0 Å². The van der Waals surface area contributed by atoms with Gasteiger partial charge in [-0.05, 0) is 37.2 Å². The number of carbonyl (C=O) groups is 1. The maximum absolute atomic E-state index is 12.1. The average molecular weight is 390 g/mol. The summed E-state index contributed by atoms with van der Waals surface area (Å²) in [6.07, 6.45) is 1.09. The minimum atomic E-state index is -3.57. The SMILES string of the molecule is CN(C(=O)CCNS(=O)(=O)c1ccc(Br)cc1)C1CCNC1. The second kappa shape index (κ2) is 7.54. The van der Waals surface area contributed by atoms with Gasteiger partial charge in [0.2, 0.25) is 15.9 Å². The largest absolute Gasteiger partial charge is 0.341 e. The smallest absolute Gasteiger partial charge is 0.240 e. The zero-order chi connectivity index (χ0) is 16.2. The summed E-state index contributed by atoms with van der Waals surface area (Å²) in [5, 5.41) is 3.21. The van der Waals surface area contributed by atoms with Gasteiger partial charge in [-0.15, -0.1) is 0 Å². The zero-order valence-corrected chi connectivity index (χ0v) is 14.8. The van der Waals surface area contributed by atoms with Gasteiger partial charge in [-0.1, -0.05) is 15.9 Å². The predicted molar refractivity (Wildman–Crippen MR) is 88.0 cm³/mol. The maximum Gasteiger partial charge on any atom is 0.240 e. The van der Waals surface area contributed by atoms with E-state index in [4.69, 9.17) is 0 Å². The third-order valence-electron chi connectivity index (χ3n) is 3.73. The molecular formula is C14H20BrN3O3S. The van der Waals surface area contributed by atoms with Gasteiger partial charge in [0.1, 0.15) is 0 Å². The van der Waals surface area contributed by atoms with Crippen LogP contribution in [0.15, 0.2) is 33.6 Å². The Balaban J connectivity index is 1.84. The number of halogens is 1. The van der Waals surface area contributed by atoms with Crippen LogP contribution in [-0.4, -0.2) is 51.9 Å². The topological polar surface area (TPSA) is 78.5 Å². The van der Waals surface area contributed by atoms with Gasteiger partial charge in [-0.2, -0.15) is 0 Å². The summed E-state index contributed by atoms with van der Waals surface area (Å²) < 4.78 is 27.5.